The number of carbonyl (C=O) groups excluding carboxylic acids is 2. The van der Waals surface area contributed by atoms with Gasteiger partial charge in [0.25, 0.3) is 11.8 Å². The van der Waals surface area contributed by atoms with Gasteiger partial charge in [0.2, 0.25) is 0 Å². The average molecular weight is 544 g/mol. The van der Waals surface area contributed by atoms with Gasteiger partial charge in [0.15, 0.2) is 5.96 Å². The topological polar surface area (TPSA) is 92.3 Å². The Balaban J connectivity index is 0.00000341. The van der Waals surface area contributed by atoms with Crippen LogP contribution in [0.4, 0.5) is 0 Å². The van der Waals surface area contributed by atoms with Gasteiger partial charge in [-0.1, -0.05) is 12.1 Å². The molecule has 1 fully saturated rings. The first-order valence-electron chi connectivity index (χ1n) is 10.8. The number of nitrogens with one attached hydrogen (secondary N) is 2. The van der Waals surface area contributed by atoms with Crippen LogP contribution in [0.1, 0.15) is 52.8 Å². The van der Waals surface area contributed by atoms with E-state index >= 15 is 0 Å². The van der Waals surface area contributed by atoms with E-state index in [9.17, 15) is 9.59 Å². The number of guanidine groups is 1. The van der Waals surface area contributed by atoms with Gasteiger partial charge in [-0.3, -0.25) is 19.5 Å². The number of rotatable bonds is 11. The molecule has 1 aromatic carbocycles. The van der Waals surface area contributed by atoms with Crippen molar-refractivity contribution >= 4 is 41.8 Å². The maximum absolute atomic E-state index is 12.3. The first-order valence-corrected chi connectivity index (χ1v) is 10.8. The van der Waals surface area contributed by atoms with Gasteiger partial charge in [0, 0.05) is 39.9 Å². The highest BCUT2D eigenvalue weighted by Crippen LogP contribution is 2.22. The summed E-state index contributed by atoms with van der Waals surface area (Å²) in [7, 11) is 1.74. The lowest BCUT2D eigenvalue weighted by molar-refractivity contribution is 0.0168. The first-order chi connectivity index (χ1) is 14.7. The van der Waals surface area contributed by atoms with E-state index in [0.29, 0.717) is 30.9 Å². The van der Waals surface area contributed by atoms with Crippen molar-refractivity contribution in [3.63, 3.8) is 0 Å². The van der Waals surface area contributed by atoms with Gasteiger partial charge < -0.3 is 20.1 Å². The van der Waals surface area contributed by atoms with Gasteiger partial charge in [-0.15, -0.1) is 24.0 Å². The number of benzene rings is 1. The summed E-state index contributed by atoms with van der Waals surface area (Å²) in [5.41, 5.74) is 1.01. The van der Waals surface area contributed by atoms with Crippen LogP contribution in [0.3, 0.4) is 0 Å². The zero-order valence-corrected chi connectivity index (χ0v) is 20.4. The Morgan fingerprint density at radius 2 is 1.81 bits per heavy atom. The third-order valence-electron chi connectivity index (χ3n) is 5.29. The van der Waals surface area contributed by atoms with Gasteiger partial charge in [-0.05, 0) is 44.2 Å². The lowest BCUT2D eigenvalue weighted by Gasteiger charge is -2.15. The maximum atomic E-state index is 12.3. The second-order valence-corrected chi connectivity index (χ2v) is 7.50. The van der Waals surface area contributed by atoms with Crippen molar-refractivity contribution < 1.29 is 19.1 Å². The summed E-state index contributed by atoms with van der Waals surface area (Å²) in [6.07, 6.45) is 4.98. The predicted octanol–water partition coefficient (Wildman–Crippen LogP) is 2.43. The largest absolute Gasteiger partial charge is 0.379 e. The van der Waals surface area contributed by atoms with E-state index in [4.69, 9.17) is 9.47 Å². The fourth-order valence-electron chi connectivity index (χ4n) is 3.64. The van der Waals surface area contributed by atoms with Crippen molar-refractivity contribution in [3.8, 4) is 0 Å². The Labute approximate surface area is 201 Å². The Morgan fingerprint density at radius 1 is 1.13 bits per heavy atom. The molecule has 3 rings (SSSR count). The average Bonchev–Trinajstić information content (AvgIpc) is 3.37. The highest BCUT2D eigenvalue weighted by Gasteiger charge is 2.34. The molecule has 1 aromatic rings. The van der Waals surface area contributed by atoms with Crippen LogP contribution >= 0.6 is 24.0 Å². The summed E-state index contributed by atoms with van der Waals surface area (Å²) in [4.78, 5) is 30.2. The van der Waals surface area contributed by atoms with Crippen molar-refractivity contribution in [2.24, 2.45) is 4.99 Å². The van der Waals surface area contributed by atoms with Crippen LogP contribution in [-0.2, 0) is 9.47 Å². The van der Waals surface area contributed by atoms with Crippen LogP contribution in [0.25, 0.3) is 0 Å². The molecule has 31 heavy (non-hydrogen) atoms. The smallest absolute Gasteiger partial charge is 0.261 e. The second kappa shape index (κ2) is 13.6. The number of unbranched alkanes of at least 4 members (excludes halogenated alkanes) is 1. The number of hydrogen-bond donors (Lipinski definition) is 2. The van der Waals surface area contributed by atoms with Crippen LogP contribution < -0.4 is 10.6 Å². The molecule has 1 saturated heterocycles. The second-order valence-electron chi connectivity index (χ2n) is 7.50. The van der Waals surface area contributed by atoms with Crippen molar-refractivity contribution in [1.82, 2.24) is 15.5 Å². The van der Waals surface area contributed by atoms with Crippen LogP contribution in [0, 0.1) is 0 Å². The highest BCUT2D eigenvalue weighted by molar-refractivity contribution is 14.0. The van der Waals surface area contributed by atoms with Crippen molar-refractivity contribution in [1.29, 1.82) is 0 Å². The number of ether oxygens (including phenoxy) is 2. The van der Waals surface area contributed by atoms with E-state index in [1.165, 1.54) is 4.90 Å². The molecule has 9 heteroatoms. The monoisotopic (exact) mass is 544 g/mol. The number of imide groups is 1. The van der Waals surface area contributed by atoms with Crippen molar-refractivity contribution in [2.75, 3.05) is 46.5 Å². The molecule has 8 nitrogen and oxygen atoms in total. The fourth-order valence-corrected chi connectivity index (χ4v) is 3.64. The van der Waals surface area contributed by atoms with Gasteiger partial charge in [0.05, 0.1) is 23.8 Å². The first kappa shape index (κ1) is 25.5. The number of aliphatic imine (C=N–C) groups is 1. The lowest BCUT2D eigenvalue weighted by atomic mass is 10.1. The summed E-state index contributed by atoms with van der Waals surface area (Å²) in [6, 6.07) is 6.99. The predicted molar refractivity (Wildman–Crippen MR) is 130 cm³/mol. The standard InChI is InChI=1S/C22H32N4O4.HI/c1-23-22(25-12-7-14-29-16-17-8-6-15-30-17)24-11-4-5-13-26-20(27)18-9-2-3-10-19(18)21(26)28;/h2-3,9-10,17H,4-8,11-16H2,1H3,(H2,23,24,25);1H. The van der Waals surface area contributed by atoms with Crippen LogP contribution in [-0.4, -0.2) is 75.3 Å². The number of halogens is 1. The third-order valence-corrected chi connectivity index (χ3v) is 5.29. The SMILES string of the molecule is CN=C(NCCCCN1C(=O)c2ccccc2C1=O)NCCCOCC1CCCO1.I. The number of hydrogen-bond acceptors (Lipinski definition) is 5. The van der Waals surface area contributed by atoms with E-state index in [2.05, 4.69) is 15.6 Å². The number of carbonyl (C=O) groups is 2. The molecule has 0 radical (unpaired) electrons. The Bertz CT molecular complexity index is 718. The summed E-state index contributed by atoms with van der Waals surface area (Å²) >= 11 is 0. The van der Waals surface area contributed by atoms with E-state index < -0.39 is 0 Å². The van der Waals surface area contributed by atoms with E-state index in [0.717, 1.165) is 57.8 Å². The van der Waals surface area contributed by atoms with Crippen LogP contribution in [0.5, 0.6) is 0 Å². The van der Waals surface area contributed by atoms with Gasteiger partial charge in [-0.25, -0.2) is 0 Å². The minimum atomic E-state index is -0.192. The summed E-state index contributed by atoms with van der Waals surface area (Å²) < 4.78 is 11.2. The molecule has 0 spiro atoms. The summed E-state index contributed by atoms with van der Waals surface area (Å²) in [6.45, 7) is 4.17. The normalized spacial score (nSPS) is 18.2. The summed E-state index contributed by atoms with van der Waals surface area (Å²) in [5.74, 6) is 0.361. The number of amides is 2. The third kappa shape index (κ3) is 7.43. The van der Waals surface area contributed by atoms with Gasteiger partial charge >= 0.3 is 0 Å². The summed E-state index contributed by atoms with van der Waals surface area (Å²) in [5, 5.41) is 6.52. The molecule has 1 unspecified atom stereocenters. The quantitative estimate of drug-likeness (QED) is 0.146. The Hall–Kier alpha value is -1.72. The lowest BCUT2D eigenvalue weighted by Crippen LogP contribution is -2.38. The molecule has 2 aliphatic heterocycles. The zero-order valence-electron chi connectivity index (χ0n) is 18.1. The molecule has 172 valence electrons. The van der Waals surface area contributed by atoms with Gasteiger partial charge in [-0.2, -0.15) is 0 Å². The molecule has 2 aliphatic rings. The molecular weight excluding hydrogens is 511 g/mol. The molecular formula is C22H33IN4O4. The molecule has 0 saturated carbocycles. The molecule has 2 amide bonds. The molecule has 1 atom stereocenters. The number of fused-ring (bicyclic) bond motifs is 1. The molecule has 0 aromatic heterocycles. The zero-order chi connectivity index (χ0) is 21.2. The number of nitrogens with zero attached hydrogens (tertiary/aromatic N) is 2. The highest BCUT2D eigenvalue weighted by atomic mass is 127. The van der Waals surface area contributed by atoms with Crippen LogP contribution in [0.15, 0.2) is 29.3 Å². The Kier molecular flexibility index (Phi) is 11.2. The molecule has 0 bridgehead atoms. The molecule has 2 heterocycles. The van der Waals surface area contributed by atoms with Crippen molar-refractivity contribution in [2.45, 2.75) is 38.2 Å². The van der Waals surface area contributed by atoms with Crippen molar-refractivity contribution in [3.05, 3.63) is 35.4 Å². The fraction of sp³-hybridized carbons (Fsp3) is 0.591. The molecule has 0 aliphatic carbocycles. The van der Waals surface area contributed by atoms with Crippen LogP contribution in [0.2, 0.25) is 0 Å². The molecule has 2 N–H and O–H groups in total. The minimum absolute atomic E-state index is 0. The maximum Gasteiger partial charge on any atom is 0.261 e. The minimum Gasteiger partial charge on any atom is -0.379 e. The Morgan fingerprint density at radius 3 is 2.42 bits per heavy atom. The van der Waals surface area contributed by atoms with E-state index in [-0.39, 0.29) is 41.9 Å². The van der Waals surface area contributed by atoms with Gasteiger partial charge in [0.1, 0.15) is 0 Å². The van der Waals surface area contributed by atoms with E-state index in [1.807, 2.05) is 0 Å². The van der Waals surface area contributed by atoms with E-state index in [1.54, 1.807) is 31.3 Å².